The summed E-state index contributed by atoms with van der Waals surface area (Å²) in [6, 6.07) is 15.4. The summed E-state index contributed by atoms with van der Waals surface area (Å²) in [6.45, 7) is 1.59. The van der Waals surface area contributed by atoms with Crippen LogP contribution < -0.4 is 15.4 Å². The van der Waals surface area contributed by atoms with E-state index in [1.54, 1.807) is 32.7 Å². The number of hydrogen-bond acceptors (Lipinski definition) is 7. The van der Waals surface area contributed by atoms with Gasteiger partial charge in [0.2, 0.25) is 0 Å². The summed E-state index contributed by atoms with van der Waals surface area (Å²) in [6.07, 6.45) is 7.97. The number of rotatable bonds is 10. The van der Waals surface area contributed by atoms with Gasteiger partial charge in [0.15, 0.2) is 5.65 Å². The zero-order chi connectivity index (χ0) is 25.6. The molecular weight excluding hydrogens is 468 g/mol. The summed E-state index contributed by atoms with van der Waals surface area (Å²) in [5.41, 5.74) is 4.06. The van der Waals surface area contributed by atoms with Gasteiger partial charge in [0.1, 0.15) is 23.6 Å². The number of allylic oxidation sites excluding steroid dienone is 2. The Balaban J connectivity index is 1.41. The summed E-state index contributed by atoms with van der Waals surface area (Å²) in [4.78, 5) is 21.8. The van der Waals surface area contributed by atoms with Gasteiger partial charge in [-0.2, -0.15) is 5.10 Å². The van der Waals surface area contributed by atoms with Crippen LogP contribution >= 0.6 is 0 Å². The summed E-state index contributed by atoms with van der Waals surface area (Å²) >= 11 is 0. The number of amides is 1. The number of carbonyl (C=O) groups excluding carboxylic acids is 1. The second-order valence-corrected chi connectivity index (χ2v) is 8.79. The molecule has 5 rings (SSSR count). The van der Waals surface area contributed by atoms with Crippen LogP contribution in [0, 0.1) is 0 Å². The lowest BCUT2D eigenvalue weighted by atomic mass is 10.1. The van der Waals surface area contributed by atoms with Crippen LogP contribution in [-0.4, -0.2) is 53.0 Å². The van der Waals surface area contributed by atoms with Crippen molar-refractivity contribution in [2.45, 2.75) is 25.4 Å². The van der Waals surface area contributed by atoms with Gasteiger partial charge in [-0.1, -0.05) is 48.6 Å². The average Bonchev–Trinajstić information content (AvgIpc) is 3.61. The molecule has 37 heavy (non-hydrogen) atoms. The van der Waals surface area contributed by atoms with Crippen LogP contribution in [0.1, 0.15) is 34.8 Å². The first kappa shape index (κ1) is 24.5. The minimum atomic E-state index is -0.181. The van der Waals surface area contributed by atoms with Gasteiger partial charge >= 0.3 is 0 Å². The first-order valence-corrected chi connectivity index (χ1v) is 12.3. The molecular formula is C28H30N6O3. The summed E-state index contributed by atoms with van der Waals surface area (Å²) in [5, 5.41) is 12.2. The maximum absolute atomic E-state index is 12.7. The van der Waals surface area contributed by atoms with Crippen LogP contribution in [-0.2, 0) is 11.3 Å². The molecule has 9 heteroatoms. The van der Waals surface area contributed by atoms with Crippen LogP contribution in [0.3, 0.4) is 0 Å². The van der Waals surface area contributed by atoms with Crippen molar-refractivity contribution in [2.24, 2.45) is 0 Å². The van der Waals surface area contributed by atoms with Gasteiger partial charge in [0.05, 0.1) is 30.7 Å². The molecule has 0 aliphatic heterocycles. The van der Waals surface area contributed by atoms with Gasteiger partial charge < -0.3 is 20.1 Å². The van der Waals surface area contributed by atoms with Crippen molar-refractivity contribution in [3.63, 3.8) is 0 Å². The summed E-state index contributed by atoms with van der Waals surface area (Å²) in [7, 11) is 3.23. The van der Waals surface area contributed by atoms with Crippen molar-refractivity contribution in [1.29, 1.82) is 0 Å². The minimum Gasteiger partial charge on any atom is -0.496 e. The van der Waals surface area contributed by atoms with Crippen molar-refractivity contribution in [3.05, 3.63) is 78.1 Å². The predicted molar refractivity (Wildman–Crippen MR) is 143 cm³/mol. The van der Waals surface area contributed by atoms with Crippen molar-refractivity contribution in [2.75, 3.05) is 32.7 Å². The van der Waals surface area contributed by atoms with Gasteiger partial charge in [-0.3, -0.25) is 4.79 Å². The number of hydrogen-bond donors (Lipinski definition) is 2. The molecule has 0 spiro atoms. The predicted octanol–water partition coefficient (Wildman–Crippen LogP) is 4.38. The molecule has 2 aromatic carbocycles. The van der Waals surface area contributed by atoms with E-state index in [1.165, 1.54) is 0 Å². The average molecular weight is 499 g/mol. The molecule has 2 aromatic heterocycles. The Morgan fingerprint density at radius 3 is 2.70 bits per heavy atom. The number of para-hydroxylation sites is 1. The number of nitrogens with zero attached hydrogens (tertiary/aromatic N) is 4. The highest BCUT2D eigenvalue weighted by molar-refractivity contribution is 5.99. The monoisotopic (exact) mass is 498 g/mol. The number of benzene rings is 2. The van der Waals surface area contributed by atoms with Crippen LogP contribution in [0.4, 0.5) is 5.82 Å². The fraction of sp³-hybridized carbons (Fsp3) is 0.286. The van der Waals surface area contributed by atoms with Crippen molar-refractivity contribution in [3.8, 4) is 17.0 Å². The Kier molecular flexibility index (Phi) is 7.41. The fourth-order valence-corrected chi connectivity index (χ4v) is 4.52. The third kappa shape index (κ3) is 5.17. The molecule has 0 saturated heterocycles. The Bertz CT molecular complexity index is 1410. The van der Waals surface area contributed by atoms with E-state index in [4.69, 9.17) is 14.6 Å². The lowest BCUT2D eigenvalue weighted by molar-refractivity contribution is 0.0948. The molecule has 9 nitrogen and oxygen atoms in total. The molecule has 1 aliphatic carbocycles. The number of methoxy groups -OCH3 is 2. The summed E-state index contributed by atoms with van der Waals surface area (Å²) < 4.78 is 12.5. The molecule has 0 fully saturated rings. The second-order valence-electron chi connectivity index (χ2n) is 8.79. The van der Waals surface area contributed by atoms with E-state index >= 15 is 0 Å². The van der Waals surface area contributed by atoms with Crippen molar-refractivity contribution >= 4 is 22.8 Å². The standard InChI is InChI=1S/C28H30N6O3/c1-36-16-15-29-26-24-25(33-34(21-7-3-4-8-21)27(24)32-18-31-26)20-13-11-19(12-14-20)17-30-28(35)22-9-5-6-10-23(22)37-2/h3,5-7,9-14,18,21H,4,8,15-17H2,1-2H3,(H,30,35)(H,29,31,32)/t21-/m0/s1. The Hall–Kier alpha value is -4.24. The highest BCUT2D eigenvalue weighted by atomic mass is 16.5. The molecule has 0 unspecified atom stereocenters. The maximum Gasteiger partial charge on any atom is 0.255 e. The first-order chi connectivity index (χ1) is 18.2. The van der Waals surface area contributed by atoms with E-state index < -0.39 is 0 Å². The van der Waals surface area contributed by atoms with Gasteiger partial charge in [-0.05, 0) is 30.5 Å². The van der Waals surface area contributed by atoms with Gasteiger partial charge in [-0.25, -0.2) is 14.6 Å². The zero-order valence-corrected chi connectivity index (χ0v) is 21.0. The number of nitrogens with one attached hydrogen (secondary N) is 2. The number of anilines is 1. The van der Waals surface area contributed by atoms with Crippen LogP contribution in [0.5, 0.6) is 5.75 Å². The van der Waals surface area contributed by atoms with E-state index in [9.17, 15) is 4.79 Å². The van der Waals surface area contributed by atoms with Gasteiger partial charge in [0, 0.05) is 25.8 Å². The van der Waals surface area contributed by atoms with Gasteiger partial charge in [0.25, 0.3) is 5.91 Å². The number of fused-ring (bicyclic) bond motifs is 1. The van der Waals surface area contributed by atoms with E-state index in [-0.39, 0.29) is 11.9 Å². The van der Waals surface area contributed by atoms with Crippen LogP contribution in [0.15, 0.2) is 67.0 Å². The number of aromatic nitrogens is 4. The molecule has 1 amide bonds. The molecule has 190 valence electrons. The number of carbonyl (C=O) groups is 1. The van der Waals surface area contributed by atoms with Crippen molar-refractivity contribution in [1.82, 2.24) is 25.1 Å². The van der Waals surface area contributed by atoms with E-state index in [2.05, 4.69) is 32.8 Å². The molecule has 2 heterocycles. The first-order valence-electron chi connectivity index (χ1n) is 12.3. The molecule has 2 N–H and O–H groups in total. The Morgan fingerprint density at radius 2 is 1.95 bits per heavy atom. The minimum absolute atomic E-state index is 0.169. The molecule has 4 aromatic rings. The molecule has 0 radical (unpaired) electrons. The Morgan fingerprint density at radius 1 is 1.11 bits per heavy atom. The smallest absolute Gasteiger partial charge is 0.255 e. The van der Waals surface area contributed by atoms with E-state index in [1.807, 2.05) is 41.1 Å². The van der Waals surface area contributed by atoms with Crippen molar-refractivity contribution < 1.29 is 14.3 Å². The third-order valence-electron chi connectivity index (χ3n) is 6.42. The third-order valence-corrected chi connectivity index (χ3v) is 6.42. The molecule has 1 atom stereocenters. The highest BCUT2D eigenvalue weighted by Crippen LogP contribution is 2.35. The van der Waals surface area contributed by atoms with E-state index in [0.29, 0.717) is 31.0 Å². The van der Waals surface area contributed by atoms with Crippen LogP contribution in [0.2, 0.25) is 0 Å². The summed E-state index contributed by atoms with van der Waals surface area (Å²) in [5.74, 6) is 1.10. The quantitative estimate of drug-likeness (QED) is 0.247. The number of ether oxygens (including phenoxy) is 2. The lowest BCUT2D eigenvalue weighted by Crippen LogP contribution is -2.23. The molecule has 0 bridgehead atoms. The fourth-order valence-electron chi connectivity index (χ4n) is 4.52. The normalized spacial score (nSPS) is 14.7. The maximum atomic E-state index is 12.7. The van der Waals surface area contributed by atoms with Crippen LogP contribution in [0.25, 0.3) is 22.3 Å². The van der Waals surface area contributed by atoms with Gasteiger partial charge in [-0.15, -0.1) is 0 Å². The second kappa shape index (κ2) is 11.2. The Labute approximate surface area is 215 Å². The molecule has 0 saturated carbocycles. The zero-order valence-electron chi connectivity index (χ0n) is 21.0. The largest absolute Gasteiger partial charge is 0.496 e. The lowest BCUT2D eigenvalue weighted by Gasteiger charge is -2.10. The topological polar surface area (TPSA) is 103 Å². The van der Waals surface area contributed by atoms with E-state index in [0.717, 1.165) is 46.5 Å². The highest BCUT2D eigenvalue weighted by Gasteiger charge is 2.23. The molecule has 1 aliphatic rings. The SMILES string of the molecule is COCCNc1ncnc2c1c(-c1ccc(CNC(=O)c3ccccc3OC)cc1)nn2[C@H]1C=CCC1.